The fourth-order valence-corrected chi connectivity index (χ4v) is 3.22. The third kappa shape index (κ3) is 3.26. The van der Waals surface area contributed by atoms with E-state index in [1.54, 1.807) is 0 Å². The summed E-state index contributed by atoms with van der Waals surface area (Å²) in [6.07, 6.45) is 3.76. The van der Waals surface area contributed by atoms with Crippen LogP contribution in [0.5, 0.6) is 0 Å². The van der Waals surface area contributed by atoms with Gasteiger partial charge in [0.25, 0.3) is 5.91 Å². The Morgan fingerprint density at radius 1 is 1.33 bits per heavy atom. The Kier molecular flexibility index (Phi) is 4.67. The highest BCUT2D eigenvalue weighted by molar-refractivity contribution is 7.80. The van der Waals surface area contributed by atoms with Crippen molar-refractivity contribution in [3.63, 3.8) is 0 Å². The van der Waals surface area contributed by atoms with Gasteiger partial charge >= 0.3 is 0 Å². The number of thiocarbonyl (C=S) groups is 1. The van der Waals surface area contributed by atoms with Gasteiger partial charge in [-0.25, -0.2) is 0 Å². The number of nitrogens with two attached hydrogens (primary N) is 1. The quantitative estimate of drug-likeness (QED) is 0.843. The second kappa shape index (κ2) is 6.14. The number of aryl methyl sites for hydroxylation is 1. The summed E-state index contributed by atoms with van der Waals surface area (Å²) < 4.78 is 0. The monoisotopic (exact) mass is 304 g/mol. The van der Waals surface area contributed by atoms with Crippen LogP contribution in [0.15, 0.2) is 18.2 Å². The SMILES string of the molecule is Cc1cccc(C(=O)NC2(C(N)=S)CCC(C)CC2)c1C. The highest BCUT2D eigenvalue weighted by Gasteiger charge is 2.38. The third-order valence-corrected chi connectivity index (χ3v) is 5.19. The van der Waals surface area contributed by atoms with E-state index in [0.29, 0.717) is 16.5 Å². The topological polar surface area (TPSA) is 55.1 Å². The summed E-state index contributed by atoms with van der Waals surface area (Å²) in [5, 5.41) is 3.13. The zero-order valence-electron chi connectivity index (χ0n) is 13.0. The maximum atomic E-state index is 12.7. The third-order valence-electron chi connectivity index (χ3n) is 4.80. The van der Waals surface area contributed by atoms with Crippen molar-refractivity contribution >= 4 is 23.1 Å². The summed E-state index contributed by atoms with van der Waals surface area (Å²) >= 11 is 5.26. The molecule has 1 aromatic rings. The molecule has 3 N–H and O–H groups in total. The number of amides is 1. The fraction of sp³-hybridized carbons (Fsp3) is 0.529. The largest absolute Gasteiger partial charge is 0.391 e. The molecule has 0 unspecified atom stereocenters. The average molecular weight is 304 g/mol. The molecular formula is C17H24N2OS. The average Bonchev–Trinajstić information content (AvgIpc) is 2.44. The molecule has 0 aliphatic heterocycles. The molecule has 3 nitrogen and oxygen atoms in total. The van der Waals surface area contributed by atoms with Crippen LogP contribution in [0.4, 0.5) is 0 Å². The van der Waals surface area contributed by atoms with Crippen molar-refractivity contribution in [2.75, 3.05) is 0 Å². The van der Waals surface area contributed by atoms with E-state index >= 15 is 0 Å². The standard InChI is InChI=1S/C17H24N2OS/c1-11-7-9-17(10-8-11,16(18)21)19-15(20)14-6-4-5-12(2)13(14)3/h4-6,11H,7-10H2,1-3H3,(H2,18,21)(H,19,20). The molecule has 1 saturated carbocycles. The van der Waals surface area contributed by atoms with Crippen LogP contribution in [0.1, 0.15) is 54.1 Å². The first-order chi connectivity index (χ1) is 9.85. The fourth-order valence-electron chi connectivity index (χ4n) is 2.97. The second-order valence-corrected chi connectivity index (χ2v) is 6.77. The molecule has 0 heterocycles. The lowest BCUT2D eigenvalue weighted by molar-refractivity contribution is 0.0900. The summed E-state index contributed by atoms with van der Waals surface area (Å²) in [6.45, 7) is 6.22. The lowest BCUT2D eigenvalue weighted by atomic mass is 9.77. The van der Waals surface area contributed by atoms with Crippen LogP contribution in [-0.2, 0) is 0 Å². The van der Waals surface area contributed by atoms with Crippen LogP contribution >= 0.6 is 12.2 Å². The van der Waals surface area contributed by atoms with E-state index in [4.69, 9.17) is 18.0 Å². The molecule has 0 spiro atoms. The van der Waals surface area contributed by atoms with Crippen molar-refractivity contribution in [3.8, 4) is 0 Å². The highest BCUT2D eigenvalue weighted by Crippen LogP contribution is 2.32. The Labute approximate surface area is 132 Å². The summed E-state index contributed by atoms with van der Waals surface area (Å²) in [4.78, 5) is 13.1. The minimum Gasteiger partial charge on any atom is -0.391 e. The molecule has 21 heavy (non-hydrogen) atoms. The van der Waals surface area contributed by atoms with E-state index in [9.17, 15) is 4.79 Å². The first kappa shape index (κ1) is 16.0. The van der Waals surface area contributed by atoms with Gasteiger partial charge in [-0.1, -0.05) is 31.3 Å². The van der Waals surface area contributed by atoms with Gasteiger partial charge in [0.05, 0.1) is 10.5 Å². The Morgan fingerprint density at radius 3 is 2.52 bits per heavy atom. The first-order valence-electron chi connectivity index (χ1n) is 7.54. The minimum absolute atomic E-state index is 0.0708. The maximum Gasteiger partial charge on any atom is 0.252 e. The lowest BCUT2D eigenvalue weighted by Gasteiger charge is -2.39. The normalized spacial score (nSPS) is 25.4. The Bertz CT molecular complexity index is 560. The number of hydrogen-bond acceptors (Lipinski definition) is 2. The van der Waals surface area contributed by atoms with E-state index < -0.39 is 5.54 Å². The molecule has 114 valence electrons. The van der Waals surface area contributed by atoms with Crippen molar-refractivity contribution in [3.05, 3.63) is 34.9 Å². The van der Waals surface area contributed by atoms with E-state index in [1.165, 1.54) is 0 Å². The molecule has 1 fully saturated rings. The van der Waals surface area contributed by atoms with Gasteiger partial charge in [-0.2, -0.15) is 0 Å². The lowest BCUT2D eigenvalue weighted by Crippen LogP contribution is -2.58. The molecule has 0 aromatic heterocycles. The molecule has 4 heteroatoms. The van der Waals surface area contributed by atoms with Gasteiger partial charge in [-0.3, -0.25) is 4.79 Å². The molecule has 1 amide bonds. The molecule has 0 radical (unpaired) electrons. The molecule has 2 rings (SSSR count). The van der Waals surface area contributed by atoms with Crippen molar-refractivity contribution in [2.24, 2.45) is 11.7 Å². The van der Waals surface area contributed by atoms with Gasteiger partial charge in [-0.05, 0) is 62.6 Å². The number of hydrogen-bond donors (Lipinski definition) is 2. The van der Waals surface area contributed by atoms with Crippen LogP contribution in [0, 0.1) is 19.8 Å². The van der Waals surface area contributed by atoms with E-state index in [1.807, 2.05) is 32.0 Å². The van der Waals surface area contributed by atoms with Crippen molar-refractivity contribution < 1.29 is 4.79 Å². The van der Waals surface area contributed by atoms with Crippen LogP contribution in [0.25, 0.3) is 0 Å². The van der Waals surface area contributed by atoms with Crippen LogP contribution < -0.4 is 11.1 Å². The predicted octanol–water partition coefficient (Wildman–Crippen LogP) is 3.27. The number of carbonyl (C=O) groups excluding carboxylic acids is 1. The Morgan fingerprint density at radius 2 is 1.95 bits per heavy atom. The number of carbonyl (C=O) groups is 1. The smallest absolute Gasteiger partial charge is 0.252 e. The van der Waals surface area contributed by atoms with Crippen LogP contribution in [0.2, 0.25) is 0 Å². The highest BCUT2D eigenvalue weighted by atomic mass is 32.1. The van der Waals surface area contributed by atoms with Crippen LogP contribution in [0.3, 0.4) is 0 Å². The van der Waals surface area contributed by atoms with Gasteiger partial charge in [0, 0.05) is 5.56 Å². The molecule has 1 aliphatic rings. The van der Waals surface area contributed by atoms with Gasteiger partial charge in [0.1, 0.15) is 0 Å². The van der Waals surface area contributed by atoms with E-state index in [2.05, 4.69) is 12.2 Å². The van der Waals surface area contributed by atoms with Gasteiger partial charge in [0.15, 0.2) is 0 Å². The Balaban J connectivity index is 2.23. The summed E-state index contributed by atoms with van der Waals surface area (Å²) in [5.41, 5.74) is 8.28. The van der Waals surface area contributed by atoms with Crippen molar-refractivity contribution in [1.29, 1.82) is 0 Å². The summed E-state index contributed by atoms with van der Waals surface area (Å²) in [6, 6.07) is 5.78. The van der Waals surface area contributed by atoms with Crippen molar-refractivity contribution in [1.82, 2.24) is 5.32 Å². The Hall–Kier alpha value is -1.42. The predicted molar refractivity (Wildman–Crippen MR) is 90.5 cm³/mol. The van der Waals surface area contributed by atoms with Gasteiger partial charge < -0.3 is 11.1 Å². The first-order valence-corrected chi connectivity index (χ1v) is 7.95. The summed E-state index contributed by atoms with van der Waals surface area (Å²) in [5.74, 6) is 0.601. The summed E-state index contributed by atoms with van der Waals surface area (Å²) in [7, 11) is 0. The molecule has 0 saturated heterocycles. The van der Waals surface area contributed by atoms with Gasteiger partial charge in [-0.15, -0.1) is 0 Å². The van der Waals surface area contributed by atoms with Crippen LogP contribution in [-0.4, -0.2) is 16.4 Å². The van der Waals surface area contributed by atoms with E-state index in [-0.39, 0.29) is 5.91 Å². The van der Waals surface area contributed by atoms with Gasteiger partial charge in [0.2, 0.25) is 0 Å². The number of rotatable bonds is 3. The molecule has 0 bridgehead atoms. The molecule has 1 aromatic carbocycles. The minimum atomic E-state index is -0.519. The maximum absolute atomic E-state index is 12.7. The number of nitrogens with one attached hydrogen (secondary N) is 1. The molecule has 1 aliphatic carbocycles. The molecular weight excluding hydrogens is 280 g/mol. The zero-order valence-corrected chi connectivity index (χ0v) is 13.8. The van der Waals surface area contributed by atoms with Crippen molar-refractivity contribution in [2.45, 2.75) is 52.0 Å². The number of benzene rings is 1. The molecule has 0 atom stereocenters. The zero-order chi connectivity index (χ0) is 15.6. The van der Waals surface area contributed by atoms with E-state index in [0.717, 1.165) is 36.8 Å². The second-order valence-electron chi connectivity index (χ2n) is 6.33.